The highest BCUT2D eigenvalue weighted by molar-refractivity contribution is 6.00. The van der Waals surface area contributed by atoms with Crippen LogP contribution < -0.4 is 34.1 Å². The standard InChI is InChI=1S/C30H28F3N3O5.C29H25F3N4O4/c31-30(32,33)28(38)34-17-25(37)21-9-7-20(8-10-21)18-36(29(39)35-13-2-1-3-14-35)24-6-4-5-22(15-24)23-11-12-26-27(16-23)41-19-40-26;30-29(31,32)27-34-33-26(40-27)20-9-7-19(8-10-20)17-36(28(37)35-13-2-1-3-14-35)23-6-4-5-21(15-23)22-11-12-24-25(16-22)39-18-38-24/h4-12,15-16H,1-3,13-14,17-19H2,(H,34,38);4-12,15-16H,1-3,13-14,17-18H2. The van der Waals surface area contributed by atoms with E-state index in [0.29, 0.717) is 60.4 Å². The third-order valence-corrected chi connectivity index (χ3v) is 13.9. The molecular formula is C59H53F6N7O9. The molecule has 5 heterocycles. The molecule has 2 saturated heterocycles. The van der Waals surface area contributed by atoms with Gasteiger partial charge < -0.3 is 38.5 Å². The van der Waals surface area contributed by atoms with Gasteiger partial charge in [0.05, 0.1) is 19.6 Å². The molecule has 0 spiro atoms. The van der Waals surface area contributed by atoms with Crippen LogP contribution in [0.3, 0.4) is 0 Å². The molecule has 1 aromatic heterocycles. The van der Waals surface area contributed by atoms with Crippen molar-refractivity contribution in [1.29, 1.82) is 0 Å². The maximum Gasteiger partial charge on any atom is 0.471 e. The van der Waals surface area contributed by atoms with E-state index in [2.05, 4.69) is 10.2 Å². The Morgan fingerprint density at radius 3 is 1.41 bits per heavy atom. The highest BCUT2D eigenvalue weighted by Gasteiger charge is 2.39. The maximum atomic E-state index is 13.8. The van der Waals surface area contributed by atoms with Crippen molar-refractivity contribution >= 4 is 35.1 Å². The summed E-state index contributed by atoms with van der Waals surface area (Å²) in [4.78, 5) is 58.0. The summed E-state index contributed by atoms with van der Waals surface area (Å²) in [7, 11) is 0. The number of nitrogens with one attached hydrogen (secondary N) is 1. The maximum absolute atomic E-state index is 13.8. The summed E-state index contributed by atoms with van der Waals surface area (Å²) in [6.45, 7) is 2.75. The lowest BCUT2D eigenvalue weighted by Crippen LogP contribution is -2.45. The number of hydrogen-bond acceptors (Lipinski definition) is 11. The van der Waals surface area contributed by atoms with Crippen molar-refractivity contribution in [3.63, 3.8) is 0 Å². The monoisotopic (exact) mass is 1120 g/mol. The number of carbonyl (C=O) groups excluding carboxylic acids is 4. The van der Waals surface area contributed by atoms with Crippen molar-refractivity contribution < 1.29 is 68.9 Å². The van der Waals surface area contributed by atoms with Crippen LogP contribution in [0.1, 0.15) is 65.9 Å². The third-order valence-electron chi connectivity index (χ3n) is 13.9. The van der Waals surface area contributed by atoms with E-state index in [-0.39, 0.29) is 50.2 Å². The minimum atomic E-state index is -5.06. The fourth-order valence-electron chi connectivity index (χ4n) is 9.64. The molecule has 22 heteroatoms. The van der Waals surface area contributed by atoms with Gasteiger partial charge in [-0.1, -0.05) is 72.8 Å². The number of amides is 5. The normalized spacial score (nSPS) is 14.6. The molecule has 2 fully saturated rings. The summed E-state index contributed by atoms with van der Waals surface area (Å²) in [5.41, 5.74) is 7.06. The van der Waals surface area contributed by atoms with E-state index >= 15 is 0 Å². The minimum Gasteiger partial charge on any atom is -0.454 e. The van der Waals surface area contributed by atoms with Gasteiger partial charge in [-0.05, 0) is 133 Å². The average Bonchev–Trinajstić information content (AvgIpc) is 4.44. The van der Waals surface area contributed by atoms with E-state index in [4.69, 9.17) is 23.4 Å². The number of nitrogens with zero attached hydrogens (tertiary/aromatic N) is 6. The molecule has 4 aliphatic rings. The first kappa shape index (κ1) is 55.2. The summed E-state index contributed by atoms with van der Waals surface area (Å²) < 4.78 is 103. The van der Waals surface area contributed by atoms with E-state index in [9.17, 15) is 45.5 Å². The molecule has 0 saturated carbocycles. The van der Waals surface area contributed by atoms with E-state index in [1.54, 1.807) is 51.5 Å². The fraction of sp³-hybridized carbons (Fsp3) is 0.288. The number of carbonyl (C=O) groups is 4. The predicted octanol–water partition coefficient (Wildman–Crippen LogP) is 12.3. The van der Waals surface area contributed by atoms with Crippen LogP contribution in [0.2, 0.25) is 0 Å². The molecule has 0 radical (unpaired) electrons. The lowest BCUT2D eigenvalue weighted by atomic mass is 10.0. The van der Waals surface area contributed by atoms with Gasteiger partial charge in [0.1, 0.15) is 0 Å². The number of aromatic nitrogens is 2. The number of benzene rings is 6. The molecule has 0 unspecified atom stereocenters. The van der Waals surface area contributed by atoms with Crippen LogP contribution in [0.25, 0.3) is 33.7 Å². The van der Waals surface area contributed by atoms with Crippen molar-refractivity contribution in [1.82, 2.24) is 25.3 Å². The number of hydrogen-bond donors (Lipinski definition) is 1. The van der Waals surface area contributed by atoms with Gasteiger partial charge in [0.25, 0.3) is 0 Å². The number of ketones is 1. The quantitative estimate of drug-likeness (QED) is 0.0913. The van der Waals surface area contributed by atoms with E-state index in [0.717, 1.165) is 77.6 Å². The Kier molecular flexibility index (Phi) is 16.4. The first-order valence-corrected chi connectivity index (χ1v) is 26.1. The number of rotatable bonds is 12. The van der Waals surface area contributed by atoms with Crippen molar-refractivity contribution in [2.24, 2.45) is 0 Å². The lowest BCUT2D eigenvalue weighted by Gasteiger charge is -2.33. The molecule has 5 amide bonds. The highest BCUT2D eigenvalue weighted by atomic mass is 19.4. The van der Waals surface area contributed by atoms with E-state index < -0.39 is 36.5 Å². The second-order valence-corrected chi connectivity index (χ2v) is 19.5. The molecule has 420 valence electrons. The van der Waals surface area contributed by atoms with Crippen molar-refractivity contribution in [3.05, 3.63) is 156 Å². The molecule has 81 heavy (non-hydrogen) atoms. The zero-order chi connectivity index (χ0) is 56.7. The average molecular weight is 1120 g/mol. The SMILES string of the molecule is O=C(CNC(=O)C(F)(F)F)c1ccc(CN(C(=O)N2CCCCC2)c2cccc(-c3ccc4c(c3)OCO4)c2)cc1.O=C(N1CCCCC1)N(Cc1ccc(-c2nnc(C(F)(F)F)o2)cc1)c1cccc(-c2ccc3c(c2)OCO3)c1. The van der Waals surface area contributed by atoms with Crippen LogP contribution in [-0.4, -0.2) is 96.2 Å². The van der Waals surface area contributed by atoms with Gasteiger partial charge in [-0.25, -0.2) is 9.59 Å². The Morgan fingerprint density at radius 1 is 0.506 bits per heavy atom. The van der Waals surface area contributed by atoms with Crippen LogP contribution in [0, 0.1) is 0 Å². The van der Waals surface area contributed by atoms with E-state index in [1.807, 2.05) is 94.7 Å². The van der Waals surface area contributed by atoms with Crippen LogP contribution in [0.15, 0.2) is 138 Å². The lowest BCUT2D eigenvalue weighted by molar-refractivity contribution is -0.173. The van der Waals surface area contributed by atoms with Gasteiger partial charge in [-0.15, -0.1) is 10.2 Å². The van der Waals surface area contributed by atoms with Gasteiger partial charge in [-0.2, -0.15) is 26.3 Å². The first-order valence-electron chi connectivity index (χ1n) is 26.1. The number of piperidine rings is 2. The predicted molar refractivity (Wildman–Crippen MR) is 285 cm³/mol. The van der Waals surface area contributed by atoms with Gasteiger partial charge in [0.15, 0.2) is 28.8 Å². The molecule has 11 rings (SSSR count). The Morgan fingerprint density at radius 2 is 0.951 bits per heavy atom. The smallest absolute Gasteiger partial charge is 0.454 e. The van der Waals surface area contributed by atoms with Gasteiger partial charge in [-0.3, -0.25) is 19.4 Å². The Balaban J connectivity index is 0.000000182. The van der Waals surface area contributed by atoms with Crippen LogP contribution >= 0.6 is 0 Å². The number of halogens is 6. The Labute approximate surface area is 460 Å². The number of alkyl halides is 6. The van der Waals surface area contributed by atoms with E-state index in [1.165, 1.54) is 12.1 Å². The molecule has 0 aliphatic carbocycles. The largest absolute Gasteiger partial charge is 0.471 e. The number of ether oxygens (including phenoxy) is 4. The topological polar surface area (TPSA) is 169 Å². The van der Waals surface area contributed by atoms with Gasteiger partial charge >= 0.3 is 36.2 Å². The van der Waals surface area contributed by atoms with Crippen LogP contribution in [0.4, 0.5) is 47.3 Å². The van der Waals surface area contributed by atoms with Crippen molar-refractivity contribution in [3.8, 4) is 56.7 Å². The molecule has 4 aliphatic heterocycles. The summed E-state index contributed by atoms with van der Waals surface area (Å²) in [6, 6.07) is 39.5. The third kappa shape index (κ3) is 13.3. The number of fused-ring (bicyclic) bond motifs is 2. The van der Waals surface area contributed by atoms with Gasteiger partial charge in [0.2, 0.25) is 19.5 Å². The number of urea groups is 2. The number of likely N-dealkylation sites (tertiary alicyclic amines) is 2. The molecule has 16 nitrogen and oxygen atoms in total. The zero-order valence-corrected chi connectivity index (χ0v) is 43.4. The van der Waals surface area contributed by atoms with Crippen LogP contribution in [-0.2, 0) is 24.1 Å². The summed E-state index contributed by atoms with van der Waals surface area (Å²) in [5.74, 6) is -1.75. The minimum absolute atomic E-state index is 0.0988. The van der Waals surface area contributed by atoms with Crippen LogP contribution in [0.5, 0.6) is 23.0 Å². The van der Waals surface area contributed by atoms with Crippen molar-refractivity contribution in [2.45, 2.75) is 64.0 Å². The van der Waals surface area contributed by atoms with Gasteiger partial charge in [0, 0.05) is 48.7 Å². The molecule has 6 aromatic carbocycles. The molecule has 0 atom stereocenters. The Bertz CT molecular complexity index is 3400. The molecule has 1 N–H and O–H groups in total. The molecule has 7 aromatic rings. The second-order valence-electron chi connectivity index (χ2n) is 19.5. The summed E-state index contributed by atoms with van der Waals surface area (Å²) in [5, 5.41) is 8.19. The molecular weight excluding hydrogens is 1060 g/mol. The number of Topliss-reactive ketones (excluding diaryl/α,β-unsaturated/α-hetero) is 1. The fourth-order valence-corrected chi connectivity index (χ4v) is 9.64. The summed E-state index contributed by atoms with van der Waals surface area (Å²) >= 11 is 0. The second kappa shape index (κ2) is 24.1. The molecule has 0 bridgehead atoms. The number of anilines is 2. The highest BCUT2D eigenvalue weighted by Crippen LogP contribution is 2.39. The zero-order valence-electron chi connectivity index (χ0n) is 43.4. The summed E-state index contributed by atoms with van der Waals surface area (Å²) in [6.07, 6.45) is -3.84. The van der Waals surface area contributed by atoms with Crippen molar-refractivity contribution in [2.75, 3.05) is 56.1 Å². The first-order chi connectivity index (χ1) is 39.0. The Hall–Kier alpha value is -9.08.